The molecule has 0 radical (unpaired) electrons. The highest BCUT2D eigenvalue weighted by Gasteiger charge is 1.99. The van der Waals surface area contributed by atoms with Crippen LogP contribution in [0.3, 0.4) is 0 Å². The van der Waals surface area contributed by atoms with E-state index in [2.05, 4.69) is 5.32 Å². The molecule has 3 N–H and O–H groups in total. The molecule has 3 rings (SSSR count). The highest BCUT2D eigenvalue weighted by atomic mass is 16.5. The summed E-state index contributed by atoms with van der Waals surface area (Å²) in [7, 11) is 0. The molecular formula is C22H20N2O2. The van der Waals surface area contributed by atoms with Crippen LogP contribution in [-0.2, 0) is 11.4 Å². The van der Waals surface area contributed by atoms with Crippen LogP contribution in [0.5, 0.6) is 5.75 Å². The van der Waals surface area contributed by atoms with Gasteiger partial charge in [-0.3, -0.25) is 4.79 Å². The van der Waals surface area contributed by atoms with Crippen molar-refractivity contribution in [2.75, 3.05) is 11.1 Å². The number of ether oxygens (including phenoxy) is 1. The molecule has 0 unspecified atom stereocenters. The standard InChI is InChI=1S/C22H20N2O2/c23-19-9-11-20(12-10-19)24-22(25)15-8-17-6-13-21(14-7-17)26-16-18-4-2-1-3-5-18/h1-15H,16,23H2,(H,24,25)/b15-8+. The Kier molecular flexibility index (Phi) is 5.68. The van der Waals surface area contributed by atoms with Crippen LogP contribution in [0.2, 0.25) is 0 Å². The van der Waals surface area contributed by atoms with Gasteiger partial charge in [0.2, 0.25) is 5.91 Å². The molecule has 0 spiro atoms. The van der Waals surface area contributed by atoms with Crippen molar-refractivity contribution in [3.05, 3.63) is 96.1 Å². The van der Waals surface area contributed by atoms with Gasteiger partial charge in [-0.2, -0.15) is 0 Å². The number of rotatable bonds is 6. The summed E-state index contributed by atoms with van der Waals surface area (Å²) >= 11 is 0. The van der Waals surface area contributed by atoms with Crippen molar-refractivity contribution in [1.82, 2.24) is 0 Å². The molecule has 3 aromatic rings. The van der Waals surface area contributed by atoms with E-state index in [0.29, 0.717) is 18.0 Å². The number of carbonyl (C=O) groups is 1. The molecule has 0 atom stereocenters. The van der Waals surface area contributed by atoms with Crippen LogP contribution < -0.4 is 15.8 Å². The number of carbonyl (C=O) groups excluding carboxylic acids is 1. The van der Waals surface area contributed by atoms with E-state index in [9.17, 15) is 4.79 Å². The minimum Gasteiger partial charge on any atom is -0.489 e. The third-order valence-corrected chi connectivity index (χ3v) is 3.73. The second kappa shape index (κ2) is 8.53. The van der Waals surface area contributed by atoms with E-state index in [1.54, 1.807) is 30.3 Å². The number of nitrogen functional groups attached to an aromatic ring is 1. The lowest BCUT2D eigenvalue weighted by Gasteiger charge is -2.06. The molecule has 130 valence electrons. The van der Waals surface area contributed by atoms with E-state index in [0.717, 1.165) is 16.9 Å². The first-order chi connectivity index (χ1) is 12.7. The van der Waals surface area contributed by atoms with Crippen molar-refractivity contribution in [1.29, 1.82) is 0 Å². The Balaban J connectivity index is 1.52. The van der Waals surface area contributed by atoms with Crippen LogP contribution in [-0.4, -0.2) is 5.91 Å². The Morgan fingerprint density at radius 3 is 2.31 bits per heavy atom. The van der Waals surface area contributed by atoms with Crippen LogP contribution >= 0.6 is 0 Å². The first-order valence-electron chi connectivity index (χ1n) is 8.30. The zero-order valence-corrected chi connectivity index (χ0v) is 14.3. The van der Waals surface area contributed by atoms with Crippen molar-refractivity contribution in [3.63, 3.8) is 0 Å². The summed E-state index contributed by atoms with van der Waals surface area (Å²) in [4.78, 5) is 11.9. The van der Waals surface area contributed by atoms with Gasteiger partial charge in [-0.05, 0) is 53.6 Å². The van der Waals surface area contributed by atoms with Crippen molar-refractivity contribution in [3.8, 4) is 5.75 Å². The van der Waals surface area contributed by atoms with Gasteiger partial charge >= 0.3 is 0 Å². The zero-order valence-electron chi connectivity index (χ0n) is 14.3. The summed E-state index contributed by atoms with van der Waals surface area (Å²) in [5, 5.41) is 2.78. The monoisotopic (exact) mass is 344 g/mol. The maximum atomic E-state index is 11.9. The second-order valence-corrected chi connectivity index (χ2v) is 5.79. The Labute approximate surface area is 152 Å². The van der Waals surface area contributed by atoms with Crippen LogP contribution in [0.4, 0.5) is 11.4 Å². The van der Waals surface area contributed by atoms with E-state index < -0.39 is 0 Å². The molecule has 0 bridgehead atoms. The Morgan fingerprint density at radius 1 is 0.923 bits per heavy atom. The average molecular weight is 344 g/mol. The molecule has 0 fully saturated rings. The third kappa shape index (κ3) is 5.24. The maximum Gasteiger partial charge on any atom is 0.248 e. The smallest absolute Gasteiger partial charge is 0.248 e. The molecule has 0 aliphatic heterocycles. The quantitative estimate of drug-likeness (QED) is 0.511. The fourth-order valence-electron chi connectivity index (χ4n) is 2.34. The molecular weight excluding hydrogens is 324 g/mol. The molecule has 3 aromatic carbocycles. The lowest BCUT2D eigenvalue weighted by molar-refractivity contribution is -0.111. The van der Waals surface area contributed by atoms with Crippen LogP contribution in [0.1, 0.15) is 11.1 Å². The summed E-state index contributed by atoms with van der Waals surface area (Å²) in [5.41, 5.74) is 9.03. The predicted molar refractivity (Wildman–Crippen MR) is 106 cm³/mol. The summed E-state index contributed by atoms with van der Waals surface area (Å²) in [6, 6.07) is 24.6. The maximum absolute atomic E-state index is 11.9. The molecule has 0 heterocycles. The van der Waals surface area contributed by atoms with Crippen LogP contribution in [0, 0.1) is 0 Å². The largest absolute Gasteiger partial charge is 0.489 e. The second-order valence-electron chi connectivity index (χ2n) is 5.79. The molecule has 0 aliphatic rings. The minimum absolute atomic E-state index is 0.195. The van der Waals surface area contributed by atoms with E-state index in [1.165, 1.54) is 6.08 Å². The van der Waals surface area contributed by atoms with Gasteiger partial charge in [0.1, 0.15) is 12.4 Å². The predicted octanol–water partition coefficient (Wildman–Crippen LogP) is 4.50. The molecule has 0 aromatic heterocycles. The van der Waals surface area contributed by atoms with Crippen molar-refractivity contribution >= 4 is 23.4 Å². The topological polar surface area (TPSA) is 64.3 Å². The number of nitrogens with one attached hydrogen (secondary N) is 1. The van der Waals surface area contributed by atoms with Gasteiger partial charge in [0, 0.05) is 17.5 Å². The van der Waals surface area contributed by atoms with Crippen LogP contribution in [0.25, 0.3) is 6.08 Å². The van der Waals surface area contributed by atoms with Gasteiger partial charge in [-0.25, -0.2) is 0 Å². The fraction of sp³-hybridized carbons (Fsp3) is 0.0455. The van der Waals surface area contributed by atoms with E-state index in [1.807, 2.05) is 54.6 Å². The summed E-state index contributed by atoms with van der Waals surface area (Å²) in [6.45, 7) is 0.528. The lowest BCUT2D eigenvalue weighted by atomic mass is 10.2. The molecule has 0 aliphatic carbocycles. The normalized spacial score (nSPS) is 10.6. The van der Waals surface area contributed by atoms with Crippen molar-refractivity contribution in [2.24, 2.45) is 0 Å². The lowest BCUT2D eigenvalue weighted by Crippen LogP contribution is -2.07. The number of benzene rings is 3. The SMILES string of the molecule is Nc1ccc(NC(=O)/C=C/c2ccc(OCc3ccccc3)cc2)cc1. The number of anilines is 2. The fourth-order valence-corrected chi connectivity index (χ4v) is 2.34. The molecule has 1 amide bonds. The number of nitrogens with two attached hydrogens (primary N) is 1. The van der Waals surface area contributed by atoms with E-state index >= 15 is 0 Å². The molecule has 26 heavy (non-hydrogen) atoms. The Morgan fingerprint density at radius 2 is 1.62 bits per heavy atom. The van der Waals surface area contributed by atoms with Crippen molar-refractivity contribution in [2.45, 2.75) is 6.61 Å². The molecule has 4 nitrogen and oxygen atoms in total. The van der Waals surface area contributed by atoms with Gasteiger partial charge < -0.3 is 15.8 Å². The molecule has 4 heteroatoms. The average Bonchev–Trinajstić information content (AvgIpc) is 2.68. The Hall–Kier alpha value is -3.53. The van der Waals surface area contributed by atoms with E-state index in [-0.39, 0.29) is 5.91 Å². The zero-order chi connectivity index (χ0) is 18.2. The summed E-state index contributed by atoms with van der Waals surface area (Å²) in [6.07, 6.45) is 3.25. The van der Waals surface area contributed by atoms with Gasteiger partial charge in [-0.15, -0.1) is 0 Å². The number of amides is 1. The van der Waals surface area contributed by atoms with Gasteiger partial charge in [-0.1, -0.05) is 42.5 Å². The van der Waals surface area contributed by atoms with Gasteiger partial charge in [0.25, 0.3) is 0 Å². The minimum atomic E-state index is -0.195. The summed E-state index contributed by atoms with van der Waals surface area (Å²) in [5.74, 6) is 0.594. The first kappa shape index (κ1) is 17.3. The highest BCUT2D eigenvalue weighted by molar-refractivity contribution is 6.01. The number of hydrogen-bond donors (Lipinski definition) is 2. The first-order valence-corrected chi connectivity index (χ1v) is 8.30. The number of hydrogen-bond acceptors (Lipinski definition) is 3. The molecule has 0 saturated carbocycles. The van der Waals surface area contributed by atoms with Gasteiger partial charge in [0.05, 0.1) is 0 Å². The Bertz CT molecular complexity index is 870. The van der Waals surface area contributed by atoms with Crippen LogP contribution in [0.15, 0.2) is 84.9 Å². The van der Waals surface area contributed by atoms with Gasteiger partial charge in [0.15, 0.2) is 0 Å². The third-order valence-electron chi connectivity index (χ3n) is 3.73. The molecule has 0 saturated heterocycles. The van der Waals surface area contributed by atoms with Crippen molar-refractivity contribution < 1.29 is 9.53 Å². The summed E-state index contributed by atoms with van der Waals surface area (Å²) < 4.78 is 5.75. The van der Waals surface area contributed by atoms with E-state index in [4.69, 9.17) is 10.5 Å². The highest BCUT2D eigenvalue weighted by Crippen LogP contribution is 2.15.